The minimum Gasteiger partial charge on any atom is -0.381 e. The maximum Gasteiger partial charge on any atom is 0.342 e. The second kappa shape index (κ2) is 10.7. The van der Waals surface area contributed by atoms with Crippen molar-refractivity contribution in [3.8, 4) is 11.8 Å². The van der Waals surface area contributed by atoms with Gasteiger partial charge in [-0.25, -0.2) is 9.78 Å². The predicted molar refractivity (Wildman–Crippen MR) is 137 cm³/mol. The molecule has 0 saturated carbocycles. The summed E-state index contributed by atoms with van der Waals surface area (Å²) in [4.78, 5) is 31.3. The number of nitrogens with zero attached hydrogens (tertiary/aromatic N) is 4. The minimum absolute atomic E-state index is 0.240. The number of likely N-dealkylation sites (N-methyl/N-ethyl adjacent to an activating group) is 1. The first-order chi connectivity index (χ1) is 18.3. The number of rotatable bonds is 3. The molecule has 4 heterocycles. The standard InChI is InChI=1S/C28H28FN5O4/c1-33-24-16-19(8-9-28(37)10-13-38-14-11-28)4-5-21(24)6-7-23(26(33)35)32-27(36)34-18-20(17-31-34)15-22-3-2-12-30-25(22)29/h2-5,12,16-18,23,37H,6-7,10-11,13-15H2,1H3,(H,32,36). The molecule has 2 amide bonds. The summed E-state index contributed by atoms with van der Waals surface area (Å²) < 4.78 is 20.3. The zero-order valence-corrected chi connectivity index (χ0v) is 21.0. The SMILES string of the molecule is CN1C(=O)C(NC(=O)n2cc(Cc3cccnc3F)cn2)CCc2ccc(C#CC3(O)CCOCC3)cc21. The molecule has 3 aromatic rings. The molecular formula is C28H28FN5O4. The van der Waals surface area contributed by atoms with Gasteiger partial charge in [-0.3, -0.25) is 4.79 Å². The number of hydrogen-bond acceptors (Lipinski definition) is 6. The summed E-state index contributed by atoms with van der Waals surface area (Å²) in [5.74, 6) is 5.19. The highest BCUT2D eigenvalue weighted by Gasteiger charge is 2.30. The molecule has 0 spiro atoms. The molecule has 5 rings (SSSR count). The lowest BCUT2D eigenvalue weighted by Crippen LogP contribution is -2.48. The number of carbonyl (C=O) groups is 2. The number of amides is 2. The van der Waals surface area contributed by atoms with Crippen LogP contribution in [0.3, 0.4) is 0 Å². The molecule has 10 heteroatoms. The molecule has 196 valence electrons. The molecule has 1 atom stereocenters. The molecule has 9 nitrogen and oxygen atoms in total. The van der Waals surface area contributed by atoms with Crippen molar-refractivity contribution in [2.75, 3.05) is 25.2 Å². The van der Waals surface area contributed by atoms with Crippen molar-refractivity contribution in [3.63, 3.8) is 0 Å². The van der Waals surface area contributed by atoms with Crippen molar-refractivity contribution in [1.82, 2.24) is 20.1 Å². The number of anilines is 1. The summed E-state index contributed by atoms with van der Waals surface area (Å²) in [7, 11) is 1.67. The lowest BCUT2D eigenvalue weighted by atomic mass is 9.94. The summed E-state index contributed by atoms with van der Waals surface area (Å²) in [6.07, 6.45) is 6.54. The fourth-order valence-electron chi connectivity index (χ4n) is 4.65. The van der Waals surface area contributed by atoms with E-state index in [-0.39, 0.29) is 12.3 Å². The number of halogens is 1. The summed E-state index contributed by atoms with van der Waals surface area (Å²) in [6.45, 7) is 0.950. The minimum atomic E-state index is -1.07. The normalized spacial score (nSPS) is 18.7. The molecule has 1 saturated heterocycles. The van der Waals surface area contributed by atoms with E-state index in [1.165, 1.54) is 23.5 Å². The number of pyridine rings is 1. The number of hydrogen-bond donors (Lipinski definition) is 2. The Bertz CT molecular complexity index is 1420. The third-order valence-electron chi connectivity index (χ3n) is 6.91. The van der Waals surface area contributed by atoms with E-state index in [2.05, 4.69) is 27.2 Å². The van der Waals surface area contributed by atoms with Crippen LogP contribution in [0.2, 0.25) is 0 Å². The average molecular weight is 518 g/mol. The molecule has 2 aliphatic heterocycles. The van der Waals surface area contributed by atoms with Crippen molar-refractivity contribution in [3.05, 3.63) is 77.1 Å². The number of fused-ring (bicyclic) bond motifs is 1. The van der Waals surface area contributed by atoms with Gasteiger partial charge in [-0.05, 0) is 42.2 Å². The topological polar surface area (TPSA) is 110 Å². The van der Waals surface area contributed by atoms with E-state index < -0.39 is 23.6 Å². The van der Waals surface area contributed by atoms with Crippen LogP contribution in [0.5, 0.6) is 0 Å². The first-order valence-electron chi connectivity index (χ1n) is 12.5. The van der Waals surface area contributed by atoms with Crippen LogP contribution in [0.15, 0.2) is 48.9 Å². The van der Waals surface area contributed by atoms with Crippen LogP contribution in [0, 0.1) is 17.8 Å². The number of aromatic nitrogens is 3. The number of benzene rings is 1. The molecule has 2 aliphatic rings. The van der Waals surface area contributed by atoms with Crippen LogP contribution in [-0.2, 0) is 22.4 Å². The second-order valence-electron chi connectivity index (χ2n) is 9.60. The van der Waals surface area contributed by atoms with Crippen molar-refractivity contribution in [2.45, 2.75) is 43.7 Å². The van der Waals surface area contributed by atoms with Crippen molar-refractivity contribution in [1.29, 1.82) is 0 Å². The lowest BCUT2D eigenvalue weighted by Gasteiger charge is -2.26. The lowest BCUT2D eigenvalue weighted by molar-refractivity contribution is -0.120. The Morgan fingerprint density at radius 1 is 1.32 bits per heavy atom. The van der Waals surface area contributed by atoms with Crippen LogP contribution < -0.4 is 10.2 Å². The first kappa shape index (κ1) is 25.6. The van der Waals surface area contributed by atoms with Gasteiger partial charge in [-0.2, -0.15) is 14.2 Å². The molecule has 0 radical (unpaired) electrons. The molecular weight excluding hydrogens is 489 g/mol. The van der Waals surface area contributed by atoms with Gasteiger partial charge in [-0.1, -0.05) is 24.0 Å². The van der Waals surface area contributed by atoms with Gasteiger partial charge in [0.1, 0.15) is 11.6 Å². The number of aliphatic hydroxyl groups is 1. The Balaban J connectivity index is 1.26. The Morgan fingerprint density at radius 3 is 2.92 bits per heavy atom. The molecule has 1 aromatic carbocycles. The second-order valence-corrected chi connectivity index (χ2v) is 9.60. The zero-order chi connectivity index (χ0) is 26.7. The van der Waals surface area contributed by atoms with Gasteiger partial charge in [0.25, 0.3) is 0 Å². The smallest absolute Gasteiger partial charge is 0.342 e. The van der Waals surface area contributed by atoms with E-state index in [0.29, 0.717) is 55.6 Å². The molecule has 0 bridgehead atoms. The third-order valence-corrected chi connectivity index (χ3v) is 6.91. The van der Waals surface area contributed by atoms with E-state index in [4.69, 9.17) is 4.74 Å². The monoisotopic (exact) mass is 517 g/mol. The van der Waals surface area contributed by atoms with Crippen molar-refractivity contribution >= 4 is 17.6 Å². The molecule has 1 unspecified atom stereocenters. The Labute approximate surface area is 219 Å². The van der Waals surface area contributed by atoms with Crippen molar-refractivity contribution in [2.24, 2.45) is 0 Å². The summed E-state index contributed by atoms with van der Waals surface area (Å²) in [5, 5.41) is 17.5. The van der Waals surface area contributed by atoms with Gasteiger partial charge in [0.2, 0.25) is 11.9 Å². The van der Waals surface area contributed by atoms with Crippen LogP contribution >= 0.6 is 0 Å². The van der Waals surface area contributed by atoms with Gasteiger partial charge in [-0.15, -0.1) is 0 Å². The highest BCUT2D eigenvalue weighted by Crippen LogP contribution is 2.28. The Morgan fingerprint density at radius 2 is 2.13 bits per heavy atom. The van der Waals surface area contributed by atoms with E-state index in [1.807, 2.05) is 18.2 Å². The van der Waals surface area contributed by atoms with Crippen LogP contribution in [0.25, 0.3) is 0 Å². The third kappa shape index (κ3) is 5.59. The molecule has 1 fully saturated rings. The number of aryl methyl sites for hydroxylation is 1. The molecule has 0 aliphatic carbocycles. The van der Waals surface area contributed by atoms with Gasteiger partial charge >= 0.3 is 6.03 Å². The highest BCUT2D eigenvalue weighted by atomic mass is 19.1. The summed E-state index contributed by atoms with van der Waals surface area (Å²) in [6, 6.07) is 7.62. The number of carbonyl (C=O) groups excluding carboxylic acids is 2. The molecule has 2 N–H and O–H groups in total. The van der Waals surface area contributed by atoms with Crippen LogP contribution in [0.4, 0.5) is 14.9 Å². The fraction of sp³-hybridized carbons (Fsp3) is 0.357. The summed E-state index contributed by atoms with van der Waals surface area (Å²) >= 11 is 0. The van der Waals surface area contributed by atoms with Crippen LogP contribution in [-0.4, -0.2) is 63.7 Å². The van der Waals surface area contributed by atoms with Crippen LogP contribution in [0.1, 0.15) is 41.5 Å². The van der Waals surface area contributed by atoms with E-state index in [9.17, 15) is 19.1 Å². The first-order valence-corrected chi connectivity index (χ1v) is 12.5. The maximum absolute atomic E-state index is 13.9. The van der Waals surface area contributed by atoms with Gasteiger partial charge in [0, 0.05) is 55.5 Å². The summed E-state index contributed by atoms with van der Waals surface area (Å²) in [5.41, 5.74) is 2.35. The van der Waals surface area contributed by atoms with Gasteiger partial charge < -0.3 is 20.1 Å². The number of ether oxygens (including phenoxy) is 1. The maximum atomic E-state index is 13.9. The fourth-order valence-corrected chi connectivity index (χ4v) is 4.65. The predicted octanol–water partition coefficient (Wildman–Crippen LogP) is 2.44. The van der Waals surface area contributed by atoms with Gasteiger partial charge in [0.15, 0.2) is 0 Å². The molecule has 38 heavy (non-hydrogen) atoms. The quantitative estimate of drug-likeness (QED) is 0.408. The highest BCUT2D eigenvalue weighted by molar-refractivity contribution is 6.00. The zero-order valence-electron chi connectivity index (χ0n) is 21.0. The van der Waals surface area contributed by atoms with E-state index in [1.54, 1.807) is 19.2 Å². The van der Waals surface area contributed by atoms with Gasteiger partial charge in [0.05, 0.1) is 19.4 Å². The molecule has 2 aromatic heterocycles. The van der Waals surface area contributed by atoms with E-state index in [0.717, 1.165) is 15.9 Å². The van der Waals surface area contributed by atoms with E-state index >= 15 is 0 Å². The Hall–Kier alpha value is -4.07. The average Bonchev–Trinajstić information content (AvgIpc) is 3.36. The number of nitrogens with one attached hydrogen (secondary N) is 1. The van der Waals surface area contributed by atoms with Crippen molar-refractivity contribution < 1.29 is 23.8 Å². The largest absolute Gasteiger partial charge is 0.381 e. The Kier molecular flexibility index (Phi) is 7.22.